The number of fused-ring (bicyclic) bond motifs is 1. The number of benzene rings is 2. The van der Waals surface area contributed by atoms with Gasteiger partial charge in [-0.3, -0.25) is 0 Å². The third kappa shape index (κ3) is 3.71. The maximum absolute atomic E-state index is 14.0. The Morgan fingerprint density at radius 2 is 1.72 bits per heavy atom. The van der Waals surface area contributed by atoms with E-state index in [0.29, 0.717) is 18.2 Å². The number of ether oxygens (including phenoxy) is 2. The van der Waals surface area contributed by atoms with Crippen molar-refractivity contribution in [3.05, 3.63) is 64.2 Å². The van der Waals surface area contributed by atoms with Crippen LogP contribution >= 0.6 is 11.6 Å². The average molecular weight is 439 g/mol. The van der Waals surface area contributed by atoms with Crippen molar-refractivity contribution in [2.75, 3.05) is 0 Å². The summed E-state index contributed by atoms with van der Waals surface area (Å²) in [7, 11) is 0. The van der Waals surface area contributed by atoms with Gasteiger partial charge in [0.2, 0.25) is 0 Å². The molecule has 154 valence electrons. The first kappa shape index (κ1) is 20.8. The van der Waals surface area contributed by atoms with Gasteiger partial charge in [-0.2, -0.15) is 26.3 Å². The average Bonchev–Trinajstić information content (AvgIpc) is 2.60. The minimum Gasteiger partial charge on any atom is -0.478 e. The number of hydrogen-bond acceptors (Lipinski definition) is 3. The summed E-state index contributed by atoms with van der Waals surface area (Å²) in [5, 5.41) is 9.06. The number of rotatable bonds is 3. The van der Waals surface area contributed by atoms with E-state index >= 15 is 0 Å². The van der Waals surface area contributed by atoms with Crippen molar-refractivity contribution in [3.63, 3.8) is 0 Å². The Morgan fingerprint density at radius 1 is 1.07 bits per heavy atom. The highest BCUT2D eigenvalue weighted by atomic mass is 35.5. The number of alkyl halides is 6. The predicted molar refractivity (Wildman–Crippen MR) is 88.6 cm³/mol. The highest BCUT2D eigenvalue weighted by Crippen LogP contribution is 2.48. The van der Waals surface area contributed by atoms with Crippen LogP contribution in [0.25, 0.3) is 6.08 Å². The van der Waals surface area contributed by atoms with Crippen LogP contribution in [0.1, 0.15) is 11.1 Å². The van der Waals surface area contributed by atoms with Crippen molar-refractivity contribution in [2.45, 2.75) is 18.1 Å². The molecule has 1 unspecified atom stereocenters. The van der Waals surface area contributed by atoms with Crippen LogP contribution in [0, 0.1) is 0 Å². The third-order valence-corrected chi connectivity index (χ3v) is 4.26. The summed E-state index contributed by atoms with van der Waals surface area (Å²) in [5.74, 6) is -7.40. The first-order valence-electron chi connectivity index (χ1n) is 7.71. The van der Waals surface area contributed by atoms with Crippen LogP contribution in [0.4, 0.5) is 26.3 Å². The second kappa shape index (κ2) is 6.87. The number of para-hydroxylation sites is 1. The lowest BCUT2D eigenvalue weighted by molar-refractivity contribution is -0.304. The molecule has 0 amide bonds. The van der Waals surface area contributed by atoms with Crippen LogP contribution in [-0.4, -0.2) is 23.0 Å². The molecule has 0 radical (unpaired) electrons. The van der Waals surface area contributed by atoms with E-state index in [1.807, 2.05) is 0 Å². The van der Waals surface area contributed by atoms with Crippen LogP contribution in [0.2, 0.25) is 5.02 Å². The first-order chi connectivity index (χ1) is 13.3. The summed E-state index contributed by atoms with van der Waals surface area (Å²) in [6.45, 7) is 0. The van der Waals surface area contributed by atoms with Gasteiger partial charge >= 0.3 is 24.1 Å². The first-order valence-corrected chi connectivity index (χ1v) is 8.09. The molecule has 0 bridgehead atoms. The highest BCUT2D eigenvalue weighted by molar-refractivity contribution is 6.32. The maximum atomic E-state index is 14.0. The van der Waals surface area contributed by atoms with Crippen molar-refractivity contribution < 1.29 is 45.7 Å². The molecule has 1 heterocycles. The lowest BCUT2D eigenvalue weighted by Gasteiger charge is -2.38. The van der Waals surface area contributed by atoms with Gasteiger partial charge in [-0.15, -0.1) is 0 Å². The second-order valence-corrected chi connectivity index (χ2v) is 6.27. The Labute approximate surface area is 163 Å². The molecule has 11 heteroatoms. The van der Waals surface area contributed by atoms with E-state index in [-0.39, 0.29) is 10.6 Å². The summed E-state index contributed by atoms with van der Waals surface area (Å²) in [6.07, 6.45) is -9.81. The summed E-state index contributed by atoms with van der Waals surface area (Å²) >= 11 is 5.80. The zero-order valence-electron chi connectivity index (χ0n) is 13.9. The van der Waals surface area contributed by atoms with Gasteiger partial charge in [-0.1, -0.05) is 29.8 Å². The topological polar surface area (TPSA) is 55.8 Å². The lowest BCUT2D eigenvalue weighted by Crippen LogP contribution is -2.59. The van der Waals surface area contributed by atoms with E-state index in [4.69, 9.17) is 21.1 Å². The number of carboxylic acid groups (broad SMARTS) is 1. The monoisotopic (exact) mass is 438 g/mol. The van der Waals surface area contributed by atoms with Crippen molar-refractivity contribution in [3.8, 4) is 11.5 Å². The van der Waals surface area contributed by atoms with Gasteiger partial charge < -0.3 is 14.6 Å². The molecule has 1 aliphatic heterocycles. The standard InChI is InChI=1S/C18H9ClF6O4/c19-12-3-1-2-4-13(12)28-16(18(23,24)25)11(15(26)27)7-9-5-6-10(17(20,21)22)8-14(9)29-16/h1-8H,(H,26,27). The SMILES string of the molecule is O=C(O)C1=Cc2ccc(C(F)(F)F)cc2OC1(Oc1ccccc1Cl)C(F)(F)F. The molecule has 1 N–H and O–H groups in total. The van der Waals surface area contributed by atoms with Crippen LogP contribution in [0.3, 0.4) is 0 Å². The van der Waals surface area contributed by atoms with E-state index in [2.05, 4.69) is 0 Å². The molecule has 29 heavy (non-hydrogen) atoms. The molecule has 1 aliphatic rings. The lowest BCUT2D eigenvalue weighted by atomic mass is 9.96. The molecule has 0 aliphatic carbocycles. The molecular weight excluding hydrogens is 430 g/mol. The Balaban J connectivity index is 2.23. The van der Waals surface area contributed by atoms with E-state index in [1.165, 1.54) is 18.2 Å². The number of carboxylic acids is 1. The van der Waals surface area contributed by atoms with Gasteiger partial charge in [-0.25, -0.2) is 4.79 Å². The smallest absolute Gasteiger partial charge is 0.473 e. The molecule has 1 atom stereocenters. The summed E-state index contributed by atoms with van der Waals surface area (Å²) in [5.41, 5.74) is -2.95. The maximum Gasteiger partial charge on any atom is 0.473 e. The minimum atomic E-state index is -5.50. The van der Waals surface area contributed by atoms with Crippen molar-refractivity contribution in [1.29, 1.82) is 0 Å². The Hall–Kier alpha value is -2.88. The van der Waals surface area contributed by atoms with Gasteiger partial charge in [0, 0.05) is 5.56 Å². The number of aliphatic carboxylic acids is 1. The van der Waals surface area contributed by atoms with E-state index in [1.54, 1.807) is 0 Å². The fourth-order valence-corrected chi connectivity index (χ4v) is 2.78. The largest absolute Gasteiger partial charge is 0.478 e. The minimum absolute atomic E-state index is 0.292. The second-order valence-electron chi connectivity index (χ2n) is 5.86. The summed E-state index contributed by atoms with van der Waals surface area (Å²) < 4.78 is 90.6. The summed E-state index contributed by atoms with van der Waals surface area (Å²) in [4.78, 5) is 11.6. The van der Waals surface area contributed by atoms with Gasteiger partial charge in [0.15, 0.2) is 0 Å². The van der Waals surface area contributed by atoms with Crippen LogP contribution in [0.5, 0.6) is 11.5 Å². The Bertz CT molecular complexity index is 999. The van der Waals surface area contributed by atoms with E-state index < -0.39 is 46.7 Å². The zero-order valence-corrected chi connectivity index (χ0v) is 14.7. The Kier molecular flexibility index (Phi) is 4.94. The van der Waals surface area contributed by atoms with Gasteiger partial charge in [0.05, 0.1) is 10.6 Å². The highest BCUT2D eigenvalue weighted by Gasteiger charge is 2.67. The predicted octanol–water partition coefficient (Wildman–Crippen LogP) is 5.56. The van der Waals surface area contributed by atoms with Crippen LogP contribution < -0.4 is 9.47 Å². The third-order valence-electron chi connectivity index (χ3n) is 3.94. The molecular formula is C18H9ClF6O4. The molecule has 0 saturated heterocycles. The van der Waals surface area contributed by atoms with Gasteiger partial charge in [0.1, 0.15) is 17.1 Å². The van der Waals surface area contributed by atoms with Crippen molar-refractivity contribution in [1.82, 2.24) is 0 Å². The number of carbonyl (C=O) groups is 1. The molecule has 2 aromatic carbocycles. The fraction of sp³-hybridized carbons (Fsp3) is 0.167. The van der Waals surface area contributed by atoms with E-state index in [0.717, 1.165) is 12.1 Å². The quantitative estimate of drug-likeness (QED) is 0.638. The number of halogens is 7. The Morgan fingerprint density at radius 3 is 2.28 bits per heavy atom. The molecule has 4 nitrogen and oxygen atoms in total. The molecule has 3 rings (SSSR count). The molecule has 0 saturated carbocycles. The van der Waals surface area contributed by atoms with Gasteiger partial charge in [0.25, 0.3) is 0 Å². The molecule has 0 aromatic heterocycles. The van der Waals surface area contributed by atoms with Crippen LogP contribution in [0.15, 0.2) is 48.0 Å². The number of hydrogen-bond donors (Lipinski definition) is 1. The molecule has 2 aromatic rings. The normalized spacial score (nSPS) is 19.1. The van der Waals surface area contributed by atoms with Crippen molar-refractivity contribution in [2.24, 2.45) is 0 Å². The van der Waals surface area contributed by atoms with Crippen molar-refractivity contribution >= 4 is 23.6 Å². The fourth-order valence-electron chi connectivity index (χ4n) is 2.61. The van der Waals surface area contributed by atoms with Gasteiger partial charge in [-0.05, 0) is 30.3 Å². The van der Waals surface area contributed by atoms with Crippen LogP contribution in [-0.2, 0) is 11.0 Å². The summed E-state index contributed by atoms with van der Waals surface area (Å²) in [6, 6.07) is 6.60. The van der Waals surface area contributed by atoms with E-state index in [9.17, 15) is 36.2 Å². The molecule has 0 spiro atoms. The zero-order chi connectivity index (χ0) is 21.6. The molecule has 0 fully saturated rings.